The second kappa shape index (κ2) is 9.04. The molecule has 0 saturated heterocycles. The molecular weight excluding hydrogens is 349 g/mol. The number of esters is 1. The molecular formula is C19H21F3O2S. The molecule has 0 amide bonds. The van der Waals surface area contributed by atoms with E-state index in [2.05, 4.69) is 6.92 Å². The summed E-state index contributed by atoms with van der Waals surface area (Å²) < 4.78 is 42.8. The predicted molar refractivity (Wildman–Crippen MR) is 93.2 cm³/mol. The Morgan fingerprint density at radius 1 is 1.08 bits per heavy atom. The Labute approximate surface area is 149 Å². The molecule has 0 atom stereocenters. The molecule has 0 N–H and O–H groups in total. The van der Waals surface area contributed by atoms with E-state index in [1.807, 2.05) is 11.4 Å². The van der Waals surface area contributed by atoms with Gasteiger partial charge in [-0.15, -0.1) is 11.3 Å². The summed E-state index contributed by atoms with van der Waals surface area (Å²) in [7, 11) is 0. The average Bonchev–Trinajstić information content (AvgIpc) is 3.01. The zero-order chi connectivity index (χ0) is 18.3. The Morgan fingerprint density at radius 2 is 1.76 bits per heavy atom. The molecule has 2 aromatic rings. The van der Waals surface area contributed by atoms with E-state index in [4.69, 9.17) is 4.74 Å². The largest absolute Gasteiger partial charge is 0.416 e. The van der Waals surface area contributed by atoms with E-state index in [0.29, 0.717) is 5.06 Å². The number of carbonyl (C=O) groups excluding carboxylic acids is 1. The van der Waals surface area contributed by atoms with Crippen LogP contribution in [-0.2, 0) is 12.6 Å². The third-order valence-corrected chi connectivity index (χ3v) is 4.69. The Kier molecular flexibility index (Phi) is 7.05. The van der Waals surface area contributed by atoms with Gasteiger partial charge >= 0.3 is 12.1 Å². The number of aryl methyl sites for hydroxylation is 1. The molecule has 0 radical (unpaired) electrons. The molecule has 6 heteroatoms. The standard InChI is InChI=1S/C19H21F3O2S/c1-2-3-4-5-6-7-14-12-17(25-13-14)24-18(23)15-8-10-16(11-9-15)19(20,21)22/h8-13H,2-7H2,1H3. The zero-order valence-corrected chi connectivity index (χ0v) is 14.9. The van der Waals surface area contributed by atoms with Crippen molar-refractivity contribution in [3.63, 3.8) is 0 Å². The number of rotatable bonds is 8. The average molecular weight is 370 g/mol. The van der Waals surface area contributed by atoms with Gasteiger partial charge in [-0.1, -0.05) is 32.6 Å². The van der Waals surface area contributed by atoms with Crippen LogP contribution in [0, 0.1) is 0 Å². The predicted octanol–water partition coefficient (Wildman–Crippen LogP) is 6.50. The van der Waals surface area contributed by atoms with E-state index in [0.717, 1.165) is 42.7 Å². The van der Waals surface area contributed by atoms with E-state index in [9.17, 15) is 18.0 Å². The summed E-state index contributed by atoms with van der Waals surface area (Å²) >= 11 is 1.33. The normalized spacial score (nSPS) is 11.5. The van der Waals surface area contributed by atoms with E-state index in [1.54, 1.807) is 0 Å². The minimum atomic E-state index is -4.41. The molecule has 0 aliphatic carbocycles. The molecule has 2 rings (SSSR count). The molecule has 0 unspecified atom stereocenters. The topological polar surface area (TPSA) is 26.3 Å². The maximum absolute atomic E-state index is 12.5. The van der Waals surface area contributed by atoms with Crippen molar-refractivity contribution in [2.24, 2.45) is 0 Å². The lowest BCUT2D eigenvalue weighted by Crippen LogP contribution is -2.09. The summed E-state index contributed by atoms with van der Waals surface area (Å²) in [6.07, 6.45) is 2.51. The number of hydrogen-bond acceptors (Lipinski definition) is 3. The van der Waals surface area contributed by atoms with Crippen molar-refractivity contribution >= 4 is 17.3 Å². The molecule has 2 nitrogen and oxygen atoms in total. The number of thiophene rings is 1. The van der Waals surface area contributed by atoms with Gasteiger partial charge in [0.25, 0.3) is 0 Å². The molecule has 1 aromatic heterocycles. The fourth-order valence-electron chi connectivity index (χ4n) is 2.42. The number of hydrogen-bond donors (Lipinski definition) is 0. The number of halogens is 3. The summed E-state index contributed by atoms with van der Waals surface area (Å²) in [5.74, 6) is -0.648. The van der Waals surface area contributed by atoms with Crippen LogP contribution < -0.4 is 4.74 Å². The van der Waals surface area contributed by atoms with Crippen molar-refractivity contribution in [2.45, 2.75) is 51.6 Å². The van der Waals surface area contributed by atoms with Crippen molar-refractivity contribution in [3.8, 4) is 5.06 Å². The third kappa shape index (κ3) is 6.20. The molecule has 25 heavy (non-hydrogen) atoms. The smallest absolute Gasteiger partial charge is 0.412 e. The Balaban J connectivity index is 1.86. The lowest BCUT2D eigenvalue weighted by Gasteiger charge is -2.07. The van der Waals surface area contributed by atoms with Crippen molar-refractivity contribution in [1.82, 2.24) is 0 Å². The van der Waals surface area contributed by atoms with Gasteiger partial charge in [0.1, 0.15) is 0 Å². The van der Waals surface area contributed by atoms with Gasteiger partial charge in [-0.2, -0.15) is 13.2 Å². The number of alkyl halides is 3. The Bertz CT molecular complexity index is 675. The lowest BCUT2D eigenvalue weighted by molar-refractivity contribution is -0.137. The highest BCUT2D eigenvalue weighted by molar-refractivity contribution is 7.12. The zero-order valence-electron chi connectivity index (χ0n) is 14.1. The van der Waals surface area contributed by atoms with Gasteiger partial charge in [-0.25, -0.2) is 4.79 Å². The Hall–Kier alpha value is -1.82. The van der Waals surface area contributed by atoms with E-state index >= 15 is 0 Å². The number of benzene rings is 1. The first-order valence-corrected chi connectivity index (χ1v) is 9.25. The summed E-state index contributed by atoms with van der Waals surface area (Å²) in [5, 5.41) is 2.42. The summed E-state index contributed by atoms with van der Waals surface area (Å²) in [4.78, 5) is 12.0. The van der Waals surface area contributed by atoms with Crippen LogP contribution in [0.15, 0.2) is 35.7 Å². The first-order valence-electron chi connectivity index (χ1n) is 8.37. The van der Waals surface area contributed by atoms with Crippen LogP contribution in [0.2, 0.25) is 0 Å². The number of carbonyl (C=O) groups is 1. The van der Waals surface area contributed by atoms with Crippen molar-refractivity contribution in [2.75, 3.05) is 0 Å². The minimum Gasteiger partial charge on any atom is -0.412 e. The van der Waals surface area contributed by atoms with Gasteiger partial charge in [0.15, 0.2) is 5.06 Å². The quantitative estimate of drug-likeness (QED) is 0.392. The lowest BCUT2D eigenvalue weighted by atomic mass is 10.1. The molecule has 0 spiro atoms. The number of ether oxygens (including phenoxy) is 1. The molecule has 0 aliphatic heterocycles. The molecule has 0 saturated carbocycles. The first kappa shape index (κ1) is 19.5. The fourth-order valence-corrected chi connectivity index (χ4v) is 3.21. The van der Waals surface area contributed by atoms with Crippen LogP contribution in [-0.4, -0.2) is 5.97 Å². The van der Waals surface area contributed by atoms with Gasteiger partial charge in [-0.05, 0) is 54.1 Å². The highest BCUT2D eigenvalue weighted by Crippen LogP contribution is 2.30. The highest BCUT2D eigenvalue weighted by Gasteiger charge is 2.30. The maximum Gasteiger partial charge on any atom is 0.416 e. The second-order valence-electron chi connectivity index (χ2n) is 5.90. The van der Waals surface area contributed by atoms with Gasteiger partial charge in [0, 0.05) is 0 Å². The van der Waals surface area contributed by atoms with Crippen molar-refractivity contribution < 1.29 is 22.7 Å². The van der Waals surface area contributed by atoms with Crippen LogP contribution in [0.3, 0.4) is 0 Å². The summed E-state index contributed by atoms with van der Waals surface area (Å²) in [6, 6.07) is 5.85. The molecule has 1 aromatic carbocycles. The molecule has 0 bridgehead atoms. The van der Waals surface area contributed by atoms with E-state index < -0.39 is 17.7 Å². The van der Waals surface area contributed by atoms with Gasteiger partial charge < -0.3 is 4.74 Å². The highest BCUT2D eigenvalue weighted by atomic mass is 32.1. The van der Waals surface area contributed by atoms with Crippen LogP contribution in [0.1, 0.15) is 60.5 Å². The van der Waals surface area contributed by atoms with Crippen LogP contribution >= 0.6 is 11.3 Å². The molecule has 136 valence electrons. The molecule has 0 fully saturated rings. The number of unbranched alkanes of at least 4 members (excludes halogenated alkanes) is 4. The maximum atomic E-state index is 12.5. The SMILES string of the molecule is CCCCCCCc1csc(OC(=O)c2ccc(C(F)(F)F)cc2)c1. The van der Waals surface area contributed by atoms with Gasteiger partial charge in [0.2, 0.25) is 0 Å². The Morgan fingerprint density at radius 3 is 2.40 bits per heavy atom. The van der Waals surface area contributed by atoms with Crippen LogP contribution in [0.5, 0.6) is 5.06 Å². The first-order chi connectivity index (χ1) is 11.9. The van der Waals surface area contributed by atoms with Gasteiger partial charge in [0.05, 0.1) is 11.1 Å². The summed E-state index contributed by atoms with van der Waals surface area (Å²) in [5.41, 5.74) is 0.435. The minimum absolute atomic E-state index is 0.0996. The van der Waals surface area contributed by atoms with Crippen LogP contribution in [0.25, 0.3) is 0 Å². The summed E-state index contributed by atoms with van der Waals surface area (Å²) in [6.45, 7) is 2.18. The second-order valence-corrected chi connectivity index (χ2v) is 6.78. The fraction of sp³-hybridized carbons (Fsp3) is 0.421. The van der Waals surface area contributed by atoms with Crippen molar-refractivity contribution in [1.29, 1.82) is 0 Å². The molecule has 1 heterocycles. The monoisotopic (exact) mass is 370 g/mol. The van der Waals surface area contributed by atoms with E-state index in [1.165, 1.54) is 37.0 Å². The van der Waals surface area contributed by atoms with Crippen LogP contribution in [0.4, 0.5) is 13.2 Å². The van der Waals surface area contributed by atoms with Crippen molar-refractivity contribution in [3.05, 3.63) is 52.4 Å². The van der Waals surface area contributed by atoms with Gasteiger partial charge in [-0.3, -0.25) is 0 Å². The molecule has 0 aliphatic rings. The third-order valence-electron chi connectivity index (χ3n) is 3.84. The van der Waals surface area contributed by atoms with E-state index in [-0.39, 0.29) is 5.56 Å².